The summed E-state index contributed by atoms with van der Waals surface area (Å²) in [6.45, 7) is 5.57. The molecule has 0 radical (unpaired) electrons. The zero-order valence-corrected chi connectivity index (χ0v) is 10.2. The molecule has 0 saturated heterocycles. The van der Waals surface area contributed by atoms with E-state index >= 15 is 0 Å². The molecule has 92 valence electrons. The van der Waals surface area contributed by atoms with E-state index in [-0.39, 0.29) is 18.6 Å². The Labute approximate surface area is 102 Å². The summed E-state index contributed by atoms with van der Waals surface area (Å²) in [4.78, 5) is 13.1. The van der Waals surface area contributed by atoms with E-state index in [1.54, 1.807) is 11.0 Å². The second-order valence-electron chi connectivity index (χ2n) is 3.99. The number of nitrogens with zero attached hydrogens (tertiary/aromatic N) is 1. The molecule has 0 spiro atoms. The number of carbonyl (C=O) groups excluding carboxylic acids is 1. The van der Waals surface area contributed by atoms with Gasteiger partial charge in [0.15, 0.2) is 0 Å². The Bertz CT molecular complexity index is 362. The predicted molar refractivity (Wildman–Crippen MR) is 68.6 cm³/mol. The normalized spacial score (nSPS) is 11.9. The number of benzene rings is 1. The van der Waals surface area contributed by atoms with Crippen molar-refractivity contribution in [2.75, 3.05) is 13.2 Å². The van der Waals surface area contributed by atoms with Gasteiger partial charge < -0.3 is 10.0 Å². The molecule has 17 heavy (non-hydrogen) atoms. The van der Waals surface area contributed by atoms with Crippen LogP contribution < -0.4 is 0 Å². The molecule has 1 aromatic carbocycles. The summed E-state index contributed by atoms with van der Waals surface area (Å²) in [5.41, 5.74) is 1.11. The molecular weight excluding hydrogens is 214 g/mol. The van der Waals surface area contributed by atoms with Gasteiger partial charge in [-0.3, -0.25) is 4.79 Å². The van der Waals surface area contributed by atoms with Crippen LogP contribution in [0.3, 0.4) is 0 Å². The van der Waals surface area contributed by atoms with Gasteiger partial charge in [0.05, 0.1) is 12.6 Å². The van der Waals surface area contributed by atoms with Crippen molar-refractivity contribution in [2.24, 2.45) is 0 Å². The summed E-state index contributed by atoms with van der Waals surface area (Å²) in [7, 11) is 0. The monoisotopic (exact) mass is 233 g/mol. The summed E-state index contributed by atoms with van der Waals surface area (Å²) >= 11 is 0. The molecule has 0 fully saturated rings. The highest BCUT2D eigenvalue weighted by molar-refractivity contribution is 5.73. The van der Waals surface area contributed by atoms with Gasteiger partial charge in [-0.05, 0) is 12.0 Å². The summed E-state index contributed by atoms with van der Waals surface area (Å²) in [5.74, 6) is -0.0418. The van der Waals surface area contributed by atoms with Crippen LogP contribution in [0.15, 0.2) is 43.0 Å². The summed E-state index contributed by atoms with van der Waals surface area (Å²) in [6, 6.07) is 9.66. The van der Waals surface area contributed by atoms with Crippen LogP contribution in [0.4, 0.5) is 0 Å². The van der Waals surface area contributed by atoms with Crippen LogP contribution >= 0.6 is 0 Å². The van der Waals surface area contributed by atoms with Crippen molar-refractivity contribution in [1.29, 1.82) is 0 Å². The number of amides is 1. The first-order chi connectivity index (χ1) is 8.19. The van der Waals surface area contributed by atoms with Gasteiger partial charge in [-0.25, -0.2) is 0 Å². The maximum Gasteiger partial charge on any atom is 0.220 e. The molecule has 0 aliphatic carbocycles. The first-order valence-corrected chi connectivity index (χ1v) is 5.72. The minimum atomic E-state index is -0.187. The van der Waals surface area contributed by atoms with E-state index in [1.165, 1.54) is 6.92 Å². The lowest BCUT2D eigenvalue weighted by atomic mass is 10.1. The minimum absolute atomic E-state index is 0.0394. The van der Waals surface area contributed by atoms with Gasteiger partial charge in [-0.2, -0.15) is 0 Å². The zero-order chi connectivity index (χ0) is 12.7. The highest BCUT2D eigenvalue weighted by Gasteiger charge is 2.19. The number of aliphatic hydroxyl groups is 1. The van der Waals surface area contributed by atoms with Crippen LogP contribution in [0.2, 0.25) is 0 Å². The van der Waals surface area contributed by atoms with Crippen LogP contribution in [0.25, 0.3) is 0 Å². The summed E-state index contributed by atoms with van der Waals surface area (Å²) in [6.07, 6.45) is 2.33. The standard InChI is InChI=1S/C14H19NO2/c1-3-9-15(12(2)17)14(11-16)10-13-7-5-4-6-8-13/h3-8,14,16H,1,9-11H2,2H3/t14-/m0/s1. The van der Waals surface area contributed by atoms with Gasteiger partial charge in [0, 0.05) is 13.5 Å². The fraction of sp³-hybridized carbons (Fsp3) is 0.357. The first-order valence-electron chi connectivity index (χ1n) is 5.72. The largest absolute Gasteiger partial charge is 0.394 e. The van der Waals surface area contributed by atoms with E-state index in [9.17, 15) is 9.90 Å². The lowest BCUT2D eigenvalue weighted by molar-refractivity contribution is -0.131. The number of hydrogen-bond donors (Lipinski definition) is 1. The van der Waals surface area contributed by atoms with E-state index in [2.05, 4.69) is 6.58 Å². The number of hydrogen-bond acceptors (Lipinski definition) is 2. The van der Waals surface area contributed by atoms with E-state index in [4.69, 9.17) is 0 Å². The molecule has 1 aromatic rings. The van der Waals surface area contributed by atoms with Crippen LogP contribution in [-0.4, -0.2) is 35.1 Å². The van der Waals surface area contributed by atoms with E-state index in [0.717, 1.165) is 5.56 Å². The smallest absolute Gasteiger partial charge is 0.220 e. The molecule has 0 heterocycles. The molecule has 3 heteroatoms. The van der Waals surface area contributed by atoms with Crippen LogP contribution in [0.5, 0.6) is 0 Å². The molecule has 0 saturated carbocycles. The van der Waals surface area contributed by atoms with Gasteiger partial charge >= 0.3 is 0 Å². The van der Waals surface area contributed by atoms with Crippen molar-refractivity contribution < 1.29 is 9.90 Å². The molecule has 0 unspecified atom stereocenters. The van der Waals surface area contributed by atoms with Gasteiger partial charge in [-0.1, -0.05) is 36.4 Å². The van der Waals surface area contributed by atoms with Gasteiger partial charge in [-0.15, -0.1) is 6.58 Å². The SMILES string of the molecule is C=CCN(C(C)=O)[C@H](CO)Cc1ccccc1. The third-order valence-electron chi connectivity index (χ3n) is 2.70. The molecular formula is C14H19NO2. The Balaban J connectivity index is 2.75. The fourth-order valence-electron chi connectivity index (χ4n) is 1.83. The topological polar surface area (TPSA) is 40.5 Å². The van der Waals surface area contributed by atoms with Gasteiger partial charge in [0.1, 0.15) is 0 Å². The quantitative estimate of drug-likeness (QED) is 0.759. The Morgan fingerprint density at radius 3 is 2.59 bits per heavy atom. The third-order valence-corrected chi connectivity index (χ3v) is 2.70. The van der Waals surface area contributed by atoms with Crippen LogP contribution in [-0.2, 0) is 11.2 Å². The van der Waals surface area contributed by atoms with Crippen molar-refractivity contribution in [3.05, 3.63) is 48.6 Å². The second kappa shape index (κ2) is 6.86. The van der Waals surface area contributed by atoms with Gasteiger partial charge in [0.2, 0.25) is 5.91 Å². The molecule has 3 nitrogen and oxygen atoms in total. The maximum atomic E-state index is 11.5. The van der Waals surface area contributed by atoms with Gasteiger partial charge in [0.25, 0.3) is 0 Å². The summed E-state index contributed by atoms with van der Waals surface area (Å²) in [5, 5.41) is 9.41. The Morgan fingerprint density at radius 1 is 1.47 bits per heavy atom. The van der Waals surface area contributed by atoms with Crippen molar-refractivity contribution >= 4 is 5.91 Å². The average molecular weight is 233 g/mol. The Kier molecular flexibility index (Phi) is 5.43. The number of aliphatic hydroxyl groups excluding tert-OH is 1. The molecule has 1 amide bonds. The highest BCUT2D eigenvalue weighted by atomic mass is 16.3. The molecule has 1 rings (SSSR count). The molecule has 1 atom stereocenters. The second-order valence-corrected chi connectivity index (χ2v) is 3.99. The lowest BCUT2D eigenvalue weighted by Crippen LogP contribution is -2.42. The van der Waals surface area contributed by atoms with Crippen molar-refractivity contribution in [1.82, 2.24) is 4.90 Å². The number of carbonyl (C=O) groups is 1. The Hall–Kier alpha value is -1.61. The van der Waals surface area contributed by atoms with Crippen molar-refractivity contribution in [3.8, 4) is 0 Å². The zero-order valence-electron chi connectivity index (χ0n) is 10.2. The molecule has 1 N–H and O–H groups in total. The number of rotatable bonds is 6. The van der Waals surface area contributed by atoms with E-state index in [0.29, 0.717) is 13.0 Å². The lowest BCUT2D eigenvalue weighted by Gasteiger charge is -2.28. The van der Waals surface area contributed by atoms with Crippen LogP contribution in [0, 0.1) is 0 Å². The summed E-state index contributed by atoms with van der Waals surface area (Å²) < 4.78 is 0. The fourth-order valence-corrected chi connectivity index (χ4v) is 1.83. The highest BCUT2D eigenvalue weighted by Crippen LogP contribution is 2.09. The predicted octanol–water partition coefficient (Wildman–Crippen LogP) is 1.62. The van der Waals surface area contributed by atoms with E-state index in [1.807, 2.05) is 30.3 Å². The first kappa shape index (κ1) is 13.5. The van der Waals surface area contributed by atoms with Crippen molar-refractivity contribution in [2.45, 2.75) is 19.4 Å². The van der Waals surface area contributed by atoms with E-state index < -0.39 is 0 Å². The molecule has 0 aliphatic rings. The average Bonchev–Trinajstić information content (AvgIpc) is 2.34. The van der Waals surface area contributed by atoms with Crippen molar-refractivity contribution in [3.63, 3.8) is 0 Å². The molecule has 0 aromatic heterocycles. The third kappa shape index (κ3) is 4.04. The van der Waals surface area contributed by atoms with Crippen LogP contribution in [0.1, 0.15) is 12.5 Å². The molecule has 0 aliphatic heterocycles. The molecule has 0 bridgehead atoms. The Morgan fingerprint density at radius 2 is 2.12 bits per heavy atom. The minimum Gasteiger partial charge on any atom is -0.394 e. The maximum absolute atomic E-state index is 11.5.